The number of fused-ring (bicyclic) bond motifs is 5. The van der Waals surface area contributed by atoms with Gasteiger partial charge in [-0.25, -0.2) is 14.8 Å². The molecule has 3 heterocycles. The van der Waals surface area contributed by atoms with E-state index in [0.29, 0.717) is 17.9 Å². The molecule has 3 aliphatic rings. The van der Waals surface area contributed by atoms with Gasteiger partial charge in [-0.05, 0) is 44.9 Å². The Morgan fingerprint density at radius 2 is 1.92 bits per heavy atom. The molecule has 0 unspecified atom stereocenters. The van der Waals surface area contributed by atoms with Crippen molar-refractivity contribution in [2.75, 3.05) is 33.2 Å². The van der Waals surface area contributed by atoms with Gasteiger partial charge in [-0.1, -0.05) is 42.3 Å². The molecule has 2 saturated heterocycles. The summed E-state index contributed by atoms with van der Waals surface area (Å²) in [7, 11) is 5.75. The minimum absolute atomic E-state index is 0.165. The summed E-state index contributed by atoms with van der Waals surface area (Å²) in [5.41, 5.74) is -1.73. The summed E-state index contributed by atoms with van der Waals surface area (Å²) in [4.78, 5) is 59.8. The Morgan fingerprint density at radius 3 is 2.52 bits per heavy atom. The first-order valence-corrected chi connectivity index (χ1v) is 16.4. The SMILES string of the molecule is COc1cc2cc(c1Cl)N(C)C(=O)C[C@H](OC(=O)[C@H](C)N(C)C(C)=O)[C@]1(C)O[C@]1(OO)[C@H](C)[C@@H]1C[C@@](O)(NC(=O)O1)[C@H](OC)C=CC=C(C)C2. The van der Waals surface area contributed by atoms with Crippen molar-refractivity contribution in [3.8, 4) is 5.75 Å². The standard InChI is InChI=1S/C34H46ClN3O12/c1-18-11-10-12-26(46-9)33(43)17-25(47-31(42)36-33)19(2)34(50-44)32(5,49-34)27(48-30(41)20(3)37(6)21(4)39)16-28(40)38(7)23-14-22(13-18)15-24(45-8)29(23)35/h10-12,14-15,19-20,25-27,43-44H,13,16-17H2,1-9H3,(H,36,42)/t19-,20+,25+,26-,27+,32+,33+,34+/m1/s1. The zero-order chi connectivity index (χ0) is 37.3. The lowest BCUT2D eigenvalue weighted by Gasteiger charge is -2.43. The van der Waals surface area contributed by atoms with E-state index in [4.69, 9.17) is 40.2 Å². The van der Waals surface area contributed by atoms with E-state index in [1.54, 1.807) is 31.2 Å². The topological polar surface area (TPSA) is 186 Å². The van der Waals surface area contributed by atoms with Crippen LogP contribution in [-0.2, 0) is 44.6 Å². The molecule has 0 saturated carbocycles. The van der Waals surface area contributed by atoms with Gasteiger partial charge in [-0.15, -0.1) is 0 Å². The van der Waals surface area contributed by atoms with Crippen LogP contribution >= 0.6 is 11.6 Å². The molecule has 4 bridgehead atoms. The number of hydrogen-bond donors (Lipinski definition) is 3. The van der Waals surface area contributed by atoms with Crippen molar-refractivity contribution >= 4 is 41.2 Å². The lowest BCUT2D eigenvalue weighted by molar-refractivity contribution is -0.340. The maximum atomic E-state index is 14.1. The van der Waals surface area contributed by atoms with Crippen LogP contribution in [0, 0.1) is 5.92 Å². The number of nitrogens with one attached hydrogen (secondary N) is 1. The zero-order valence-electron chi connectivity index (χ0n) is 29.6. The molecule has 1 aromatic rings. The number of benzene rings is 1. The van der Waals surface area contributed by atoms with Crippen molar-refractivity contribution in [1.29, 1.82) is 0 Å². The monoisotopic (exact) mass is 723 g/mol. The molecule has 3 amide bonds. The van der Waals surface area contributed by atoms with Crippen molar-refractivity contribution in [3.63, 3.8) is 0 Å². The maximum Gasteiger partial charge on any atom is 0.409 e. The average molecular weight is 724 g/mol. The van der Waals surface area contributed by atoms with Crippen LogP contribution in [0.4, 0.5) is 10.5 Å². The first-order valence-electron chi connectivity index (χ1n) is 16.1. The number of anilines is 1. The number of carbonyl (C=O) groups is 4. The Labute approximate surface area is 295 Å². The predicted molar refractivity (Wildman–Crippen MR) is 179 cm³/mol. The largest absolute Gasteiger partial charge is 0.495 e. The molecule has 3 aliphatic heterocycles. The Hall–Kier alpha value is -3.73. The number of esters is 1. The number of epoxide rings is 1. The molecule has 15 nitrogen and oxygen atoms in total. The molecule has 0 aromatic heterocycles. The number of nitrogens with zero attached hydrogens (tertiary/aromatic N) is 2. The molecule has 0 aliphatic carbocycles. The molecule has 1 aromatic carbocycles. The first-order chi connectivity index (χ1) is 23.4. The molecule has 50 heavy (non-hydrogen) atoms. The second-order valence-corrected chi connectivity index (χ2v) is 13.6. The number of aliphatic hydroxyl groups is 1. The molecule has 8 atom stereocenters. The number of rotatable bonds is 6. The first kappa shape index (κ1) is 39.1. The number of hydrogen-bond acceptors (Lipinski definition) is 12. The molecule has 4 rings (SSSR count). The van der Waals surface area contributed by atoms with E-state index in [9.17, 15) is 29.5 Å². The highest BCUT2D eigenvalue weighted by molar-refractivity contribution is 6.35. The number of amides is 3. The Balaban J connectivity index is 1.86. The van der Waals surface area contributed by atoms with E-state index >= 15 is 0 Å². The molecule has 2 fully saturated rings. The fourth-order valence-corrected chi connectivity index (χ4v) is 6.80. The van der Waals surface area contributed by atoms with Crippen LogP contribution in [0.15, 0.2) is 35.9 Å². The number of alkyl carbamates (subject to hydrolysis) is 1. The van der Waals surface area contributed by atoms with Crippen molar-refractivity contribution < 1.29 is 58.1 Å². The van der Waals surface area contributed by atoms with Gasteiger partial charge >= 0.3 is 12.1 Å². The molecule has 16 heteroatoms. The van der Waals surface area contributed by atoms with Crippen LogP contribution in [0.25, 0.3) is 0 Å². The van der Waals surface area contributed by atoms with Gasteiger partial charge in [-0.3, -0.25) is 14.9 Å². The zero-order valence-corrected chi connectivity index (χ0v) is 30.4. The van der Waals surface area contributed by atoms with E-state index in [1.807, 2.05) is 13.0 Å². The Kier molecular flexibility index (Phi) is 11.6. The Morgan fingerprint density at radius 1 is 1.24 bits per heavy atom. The summed E-state index contributed by atoms with van der Waals surface area (Å²) >= 11 is 6.70. The minimum Gasteiger partial charge on any atom is -0.495 e. The van der Waals surface area contributed by atoms with Gasteiger partial charge in [0.25, 0.3) is 0 Å². The van der Waals surface area contributed by atoms with Crippen LogP contribution in [0.1, 0.15) is 53.0 Å². The molecule has 0 radical (unpaired) electrons. The normalized spacial score (nSPS) is 32.2. The fraction of sp³-hybridized carbons (Fsp3) is 0.588. The quantitative estimate of drug-likeness (QED) is 0.169. The third-order valence-electron chi connectivity index (χ3n) is 9.96. The van der Waals surface area contributed by atoms with Crippen LogP contribution < -0.4 is 15.0 Å². The fourth-order valence-electron chi connectivity index (χ4n) is 6.49. The van der Waals surface area contributed by atoms with Crippen molar-refractivity contribution in [2.24, 2.45) is 5.92 Å². The number of carbonyl (C=O) groups excluding carboxylic acids is 4. The van der Waals surface area contributed by atoms with E-state index in [-0.39, 0.29) is 11.4 Å². The van der Waals surface area contributed by atoms with Gasteiger partial charge in [0.15, 0.2) is 11.3 Å². The van der Waals surface area contributed by atoms with Gasteiger partial charge in [0.05, 0.1) is 25.1 Å². The highest BCUT2D eigenvalue weighted by Gasteiger charge is 2.78. The Bertz CT molecular complexity index is 1570. The van der Waals surface area contributed by atoms with Crippen molar-refractivity contribution in [2.45, 2.75) is 95.3 Å². The number of allylic oxidation sites excluding steroid dienone is 3. The lowest BCUT2D eigenvalue weighted by atomic mass is 9.81. The summed E-state index contributed by atoms with van der Waals surface area (Å²) in [5.74, 6) is -4.54. The number of methoxy groups -OCH3 is 2. The summed E-state index contributed by atoms with van der Waals surface area (Å²) in [6.45, 7) is 7.65. The third-order valence-corrected chi connectivity index (χ3v) is 10.3. The van der Waals surface area contributed by atoms with Gasteiger partial charge in [-0.2, -0.15) is 4.89 Å². The summed E-state index contributed by atoms with van der Waals surface area (Å²) in [6, 6.07) is 2.42. The lowest BCUT2D eigenvalue weighted by Crippen LogP contribution is -2.64. The summed E-state index contributed by atoms with van der Waals surface area (Å²) in [5, 5.41) is 24.7. The third kappa shape index (κ3) is 7.34. The van der Waals surface area contributed by atoms with Gasteiger partial charge in [0.2, 0.25) is 17.6 Å². The molecule has 276 valence electrons. The second kappa shape index (κ2) is 14.9. The van der Waals surface area contributed by atoms with E-state index < -0.39 is 77.7 Å². The van der Waals surface area contributed by atoms with Gasteiger partial charge in [0.1, 0.15) is 35.1 Å². The maximum absolute atomic E-state index is 14.1. The molecule has 0 spiro atoms. The predicted octanol–water partition coefficient (Wildman–Crippen LogP) is 3.35. The second-order valence-electron chi connectivity index (χ2n) is 13.2. The van der Waals surface area contributed by atoms with Crippen LogP contribution in [0.2, 0.25) is 5.02 Å². The van der Waals surface area contributed by atoms with Crippen LogP contribution in [0.3, 0.4) is 0 Å². The van der Waals surface area contributed by atoms with Crippen molar-refractivity contribution in [1.82, 2.24) is 10.2 Å². The summed E-state index contributed by atoms with van der Waals surface area (Å²) in [6.07, 6.45) is 0.167. The van der Waals surface area contributed by atoms with Gasteiger partial charge in [0, 0.05) is 34.5 Å². The number of halogens is 1. The molecular formula is C34H46ClN3O12. The summed E-state index contributed by atoms with van der Waals surface area (Å²) < 4.78 is 28.6. The highest BCUT2D eigenvalue weighted by Crippen LogP contribution is 2.58. The average Bonchev–Trinajstić information content (AvgIpc) is 3.70. The van der Waals surface area contributed by atoms with E-state index in [2.05, 4.69) is 5.32 Å². The highest BCUT2D eigenvalue weighted by atomic mass is 35.5. The molecular weight excluding hydrogens is 678 g/mol. The van der Waals surface area contributed by atoms with Crippen LogP contribution in [-0.4, -0.2) is 109 Å². The minimum atomic E-state index is -2.00. The van der Waals surface area contributed by atoms with Crippen molar-refractivity contribution in [3.05, 3.63) is 46.5 Å². The number of ether oxygens (including phenoxy) is 5. The van der Waals surface area contributed by atoms with Gasteiger partial charge < -0.3 is 38.6 Å². The molecule has 3 N–H and O–H groups in total. The van der Waals surface area contributed by atoms with Crippen LogP contribution in [0.5, 0.6) is 5.75 Å². The van der Waals surface area contributed by atoms with E-state index in [0.717, 1.165) is 11.1 Å². The van der Waals surface area contributed by atoms with E-state index in [1.165, 1.54) is 58.9 Å². The smallest absolute Gasteiger partial charge is 0.409 e. The number of likely N-dealkylation sites (N-methyl/N-ethyl adjacent to an activating group) is 1.